The van der Waals surface area contributed by atoms with Crippen molar-refractivity contribution in [3.8, 4) is 0 Å². The highest BCUT2D eigenvalue weighted by Gasteiger charge is 2.24. The van der Waals surface area contributed by atoms with Crippen molar-refractivity contribution in [1.82, 2.24) is 9.29 Å². The summed E-state index contributed by atoms with van der Waals surface area (Å²) in [6.07, 6.45) is 0. The Morgan fingerprint density at radius 3 is 2.42 bits per heavy atom. The molecule has 2 aromatic carbocycles. The second-order valence-electron chi connectivity index (χ2n) is 7.52. The molecule has 0 radical (unpaired) electrons. The second kappa shape index (κ2) is 10.1. The number of fused-ring (bicyclic) bond motifs is 1. The Morgan fingerprint density at radius 1 is 1.03 bits per heavy atom. The molecule has 0 bridgehead atoms. The van der Waals surface area contributed by atoms with E-state index in [1.807, 2.05) is 6.07 Å². The van der Waals surface area contributed by atoms with E-state index in [1.165, 1.54) is 10.4 Å². The van der Waals surface area contributed by atoms with Crippen LogP contribution in [-0.4, -0.2) is 49.3 Å². The monoisotopic (exact) mass is 469 g/mol. The third kappa shape index (κ3) is 5.37. The molecule has 3 aromatic rings. The minimum Gasteiger partial charge on any atom is -0.452 e. The quantitative estimate of drug-likeness (QED) is 0.505. The summed E-state index contributed by atoms with van der Waals surface area (Å²) < 4.78 is 32.4. The number of rotatable bonds is 8. The maximum absolute atomic E-state index is 12.9. The Bertz CT molecular complexity index is 1300. The molecular weight excluding hydrogens is 442 g/mol. The normalized spacial score (nSPS) is 11.5. The van der Waals surface area contributed by atoms with E-state index in [4.69, 9.17) is 4.74 Å². The summed E-state index contributed by atoms with van der Waals surface area (Å²) in [4.78, 5) is 29.5. The fourth-order valence-electron chi connectivity index (χ4n) is 3.54. The van der Waals surface area contributed by atoms with E-state index in [0.29, 0.717) is 46.5 Å². The van der Waals surface area contributed by atoms with Crippen LogP contribution in [0.2, 0.25) is 0 Å². The van der Waals surface area contributed by atoms with Crippen molar-refractivity contribution < 1.29 is 22.7 Å². The van der Waals surface area contributed by atoms with E-state index in [1.54, 1.807) is 64.1 Å². The molecule has 33 heavy (non-hydrogen) atoms. The summed E-state index contributed by atoms with van der Waals surface area (Å²) in [7, 11) is -3.69. The van der Waals surface area contributed by atoms with Crippen molar-refractivity contribution in [3.05, 3.63) is 65.4 Å². The zero-order valence-electron chi connectivity index (χ0n) is 19.1. The Balaban J connectivity index is 1.73. The first-order valence-corrected chi connectivity index (χ1v) is 12.1. The van der Waals surface area contributed by atoms with Crippen LogP contribution in [0.25, 0.3) is 10.9 Å². The zero-order chi connectivity index (χ0) is 24.2. The molecule has 1 amide bonds. The number of esters is 1. The summed E-state index contributed by atoms with van der Waals surface area (Å²) >= 11 is 0. The van der Waals surface area contributed by atoms with Crippen LogP contribution in [0.5, 0.6) is 0 Å². The molecule has 3 rings (SSSR count). The Kier molecular flexibility index (Phi) is 7.45. The van der Waals surface area contributed by atoms with Gasteiger partial charge in [-0.2, -0.15) is 4.31 Å². The highest BCUT2D eigenvalue weighted by atomic mass is 32.2. The average molecular weight is 470 g/mol. The number of benzene rings is 2. The third-order valence-electron chi connectivity index (χ3n) is 5.19. The number of carbonyl (C=O) groups is 2. The zero-order valence-corrected chi connectivity index (χ0v) is 19.9. The topological polar surface area (TPSA) is 106 Å². The van der Waals surface area contributed by atoms with Crippen molar-refractivity contribution in [3.63, 3.8) is 0 Å². The lowest BCUT2D eigenvalue weighted by Gasteiger charge is -2.20. The largest absolute Gasteiger partial charge is 0.452 e. The number of aromatic nitrogens is 1. The third-order valence-corrected chi connectivity index (χ3v) is 7.39. The highest BCUT2D eigenvalue weighted by Crippen LogP contribution is 2.24. The van der Waals surface area contributed by atoms with Crippen LogP contribution in [0.4, 0.5) is 5.69 Å². The number of ether oxygens (including phenoxy) is 1. The van der Waals surface area contributed by atoms with Crippen molar-refractivity contribution >= 4 is 38.5 Å². The molecule has 1 aromatic heterocycles. The summed E-state index contributed by atoms with van der Waals surface area (Å²) in [5.74, 6) is -1.21. The number of aryl methyl sites for hydroxylation is 2. The number of nitrogens with one attached hydrogen (secondary N) is 1. The number of nitrogens with zero attached hydrogens (tertiary/aromatic N) is 2. The Hall–Kier alpha value is -3.30. The molecular formula is C24H27N3O5S. The number of anilines is 1. The molecule has 0 spiro atoms. The standard InChI is InChI=1S/C24H27N3O5S/c1-5-27(6-2)33(30,31)22-14-18(12-11-16(22)3)26-23(28)15-32-24(29)20-13-17(4)25-21-10-8-7-9-19(20)21/h7-14H,5-6,15H2,1-4H3,(H,26,28). The molecule has 8 nitrogen and oxygen atoms in total. The number of para-hydroxylation sites is 1. The first-order valence-electron chi connectivity index (χ1n) is 10.6. The fraction of sp³-hybridized carbons (Fsp3) is 0.292. The summed E-state index contributed by atoms with van der Waals surface area (Å²) in [5, 5.41) is 3.24. The van der Waals surface area contributed by atoms with Gasteiger partial charge in [-0.25, -0.2) is 13.2 Å². The van der Waals surface area contributed by atoms with Gasteiger partial charge in [-0.15, -0.1) is 0 Å². The van der Waals surface area contributed by atoms with Crippen molar-refractivity contribution in [2.24, 2.45) is 0 Å². The summed E-state index contributed by atoms with van der Waals surface area (Å²) in [6.45, 7) is 7.18. The molecule has 0 saturated heterocycles. The van der Waals surface area contributed by atoms with Crippen LogP contribution >= 0.6 is 0 Å². The lowest BCUT2D eigenvalue weighted by Crippen LogP contribution is -2.31. The van der Waals surface area contributed by atoms with Gasteiger partial charge in [0.15, 0.2) is 6.61 Å². The molecule has 0 aliphatic rings. The first kappa shape index (κ1) is 24.3. The van der Waals surface area contributed by atoms with E-state index in [2.05, 4.69) is 10.3 Å². The smallest absolute Gasteiger partial charge is 0.339 e. The van der Waals surface area contributed by atoms with Gasteiger partial charge < -0.3 is 10.1 Å². The number of hydrogen-bond acceptors (Lipinski definition) is 6. The molecule has 1 N–H and O–H groups in total. The van der Waals surface area contributed by atoms with Gasteiger partial charge >= 0.3 is 5.97 Å². The molecule has 0 aliphatic carbocycles. The molecule has 9 heteroatoms. The lowest BCUT2D eigenvalue weighted by atomic mass is 10.1. The van der Waals surface area contributed by atoms with Crippen molar-refractivity contribution in [2.75, 3.05) is 25.0 Å². The van der Waals surface area contributed by atoms with Crippen LogP contribution in [0.15, 0.2) is 53.4 Å². The Morgan fingerprint density at radius 2 is 1.73 bits per heavy atom. The van der Waals surface area contributed by atoms with Gasteiger partial charge in [0.05, 0.1) is 16.0 Å². The maximum atomic E-state index is 12.9. The van der Waals surface area contributed by atoms with Crippen molar-refractivity contribution in [1.29, 1.82) is 0 Å². The number of sulfonamides is 1. The fourth-order valence-corrected chi connectivity index (χ4v) is 5.25. The second-order valence-corrected chi connectivity index (χ2v) is 9.43. The van der Waals surface area contributed by atoms with E-state index >= 15 is 0 Å². The number of amides is 1. The number of carbonyl (C=O) groups excluding carboxylic acids is 2. The van der Waals surface area contributed by atoms with Gasteiger partial charge in [-0.1, -0.05) is 38.1 Å². The van der Waals surface area contributed by atoms with Crippen LogP contribution in [0, 0.1) is 13.8 Å². The lowest BCUT2D eigenvalue weighted by molar-refractivity contribution is -0.119. The number of pyridine rings is 1. The summed E-state index contributed by atoms with van der Waals surface area (Å²) in [6, 6.07) is 13.5. The van der Waals surface area contributed by atoms with E-state index in [9.17, 15) is 18.0 Å². The Labute approximate surface area is 193 Å². The predicted octanol–water partition coefficient (Wildman–Crippen LogP) is 3.68. The molecule has 0 atom stereocenters. The van der Waals surface area contributed by atoms with Gasteiger partial charge in [0.25, 0.3) is 5.91 Å². The first-order chi connectivity index (χ1) is 15.7. The molecule has 0 aliphatic heterocycles. The molecule has 0 unspecified atom stereocenters. The van der Waals surface area contributed by atoms with Crippen molar-refractivity contribution in [2.45, 2.75) is 32.6 Å². The minimum absolute atomic E-state index is 0.125. The van der Waals surface area contributed by atoms with Gasteiger partial charge in [-0.05, 0) is 43.7 Å². The molecule has 0 fully saturated rings. The van der Waals surface area contributed by atoms with Gasteiger partial charge in [-0.3, -0.25) is 9.78 Å². The SMILES string of the molecule is CCN(CC)S(=O)(=O)c1cc(NC(=O)COC(=O)c2cc(C)nc3ccccc23)ccc1C. The number of hydrogen-bond donors (Lipinski definition) is 1. The van der Waals surface area contributed by atoms with Gasteiger partial charge in [0.1, 0.15) is 0 Å². The van der Waals surface area contributed by atoms with Gasteiger partial charge in [0.2, 0.25) is 10.0 Å². The van der Waals surface area contributed by atoms with Crippen LogP contribution in [0.3, 0.4) is 0 Å². The van der Waals surface area contributed by atoms with E-state index in [0.717, 1.165) is 0 Å². The molecule has 174 valence electrons. The average Bonchev–Trinajstić information content (AvgIpc) is 2.78. The predicted molar refractivity (Wildman–Crippen MR) is 127 cm³/mol. The highest BCUT2D eigenvalue weighted by molar-refractivity contribution is 7.89. The van der Waals surface area contributed by atoms with E-state index < -0.39 is 28.5 Å². The maximum Gasteiger partial charge on any atom is 0.339 e. The van der Waals surface area contributed by atoms with Crippen LogP contribution < -0.4 is 5.32 Å². The summed E-state index contributed by atoms with van der Waals surface area (Å²) in [5.41, 5.74) is 2.53. The van der Waals surface area contributed by atoms with Gasteiger partial charge in [0, 0.05) is 29.9 Å². The van der Waals surface area contributed by atoms with Crippen LogP contribution in [0.1, 0.15) is 35.5 Å². The molecule has 1 heterocycles. The van der Waals surface area contributed by atoms with Crippen LogP contribution in [-0.2, 0) is 19.6 Å². The molecule has 0 saturated carbocycles. The minimum atomic E-state index is -3.69. The van der Waals surface area contributed by atoms with E-state index in [-0.39, 0.29) is 4.90 Å².